The van der Waals surface area contributed by atoms with Crippen LogP contribution in [0.1, 0.15) is 17.2 Å². The Morgan fingerprint density at radius 2 is 1.81 bits per heavy atom. The first-order valence-electron chi connectivity index (χ1n) is 9.96. The second kappa shape index (κ2) is 9.43. The summed E-state index contributed by atoms with van der Waals surface area (Å²) in [7, 11) is 1.64. The summed E-state index contributed by atoms with van der Waals surface area (Å²) in [5.74, 6) is -0.883. The van der Waals surface area contributed by atoms with E-state index in [2.05, 4.69) is 15.9 Å². The summed E-state index contributed by atoms with van der Waals surface area (Å²) in [6, 6.07) is 17.5. The van der Waals surface area contributed by atoms with E-state index in [-0.39, 0.29) is 6.04 Å². The Kier molecular flexibility index (Phi) is 6.65. The van der Waals surface area contributed by atoms with E-state index in [0.717, 1.165) is 29.1 Å². The van der Waals surface area contributed by atoms with Crippen LogP contribution in [0.5, 0.6) is 5.75 Å². The zero-order valence-electron chi connectivity index (χ0n) is 17.0. The lowest BCUT2D eigenvalue weighted by Gasteiger charge is -2.43. The predicted octanol–water partition coefficient (Wildman–Crippen LogP) is 6.34. The van der Waals surface area contributed by atoms with Crippen molar-refractivity contribution >= 4 is 28.9 Å². The van der Waals surface area contributed by atoms with Crippen molar-refractivity contribution in [3.8, 4) is 5.75 Å². The minimum Gasteiger partial charge on any atom is -0.497 e. The van der Waals surface area contributed by atoms with Crippen molar-refractivity contribution in [3.05, 3.63) is 93.5 Å². The molecule has 0 aromatic heterocycles. The lowest BCUT2D eigenvalue weighted by atomic mass is 10.0. The third-order valence-corrected chi connectivity index (χ3v) is 6.09. The second-order valence-corrected chi connectivity index (χ2v) is 8.41. The van der Waals surface area contributed by atoms with E-state index in [0.29, 0.717) is 29.7 Å². The largest absolute Gasteiger partial charge is 0.497 e. The van der Waals surface area contributed by atoms with E-state index in [9.17, 15) is 8.78 Å². The van der Waals surface area contributed by atoms with Gasteiger partial charge in [0.1, 0.15) is 5.75 Å². The van der Waals surface area contributed by atoms with Crippen molar-refractivity contribution in [2.75, 3.05) is 31.6 Å². The van der Waals surface area contributed by atoms with Gasteiger partial charge >= 0.3 is 0 Å². The lowest BCUT2D eigenvalue weighted by molar-refractivity contribution is 0.215. The molecule has 4 rings (SSSR count). The average molecular weight is 463 g/mol. The van der Waals surface area contributed by atoms with Crippen LogP contribution in [-0.4, -0.2) is 31.6 Å². The molecular formula is C24H22Cl2F2N2O. The van der Waals surface area contributed by atoms with Crippen LogP contribution in [0.3, 0.4) is 0 Å². The topological polar surface area (TPSA) is 15.7 Å². The number of benzene rings is 3. The van der Waals surface area contributed by atoms with Gasteiger partial charge in [0, 0.05) is 31.2 Å². The van der Waals surface area contributed by atoms with Crippen LogP contribution >= 0.6 is 23.2 Å². The molecule has 1 saturated heterocycles. The maximum Gasteiger partial charge on any atom is 0.159 e. The molecule has 0 saturated carbocycles. The highest BCUT2D eigenvalue weighted by Gasteiger charge is 2.30. The highest BCUT2D eigenvalue weighted by Crippen LogP contribution is 2.37. The van der Waals surface area contributed by atoms with Crippen LogP contribution in [0.15, 0.2) is 60.7 Å². The molecule has 7 heteroatoms. The molecule has 1 atom stereocenters. The van der Waals surface area contributed by atoms with Crippen molar-refractivity contribution < 1.29 is 13.5 Å². The quantitative estimate of drug-likeness (QED) is 0.439. The van der Waals surface area contributed by atoms with E-state index in [1.165, 1.54) is 12.1 Å². The molecule has 0 N–H and O–H groups in total. The normalized spacial score (nSPS) is 17.1. The molecular weight excluding hydrogens is 441 g/mol. The van der Waals surface area contributed by atoms with Crippen LogP contribution in [0, 0.1) is 11.6 Å². The number of methoxy groups -OCH3 is 1. The van der Waals surface area contributed by atoms with Gasteiger partial charge in [-0.25, -0.2) is 8.78 Å². The standard InChI is InChI=1S/C24H22Cl2F2N2O/c1-31-19-4-2-3-17(12-19)24-15-29(14-16-5-7-21(27)22(28)11-16)9-10-30(24)23-8-6-18(25)13-20(23)26/h2-8,11-13,24H,9-10,14-15H2,1H3. The van der Waals surface area contributed by atoms with Gasteiger partial charge in [-0.05, 0) is 53.6 Å². The van der Waals surface area contributed by atoms with Crippen LogP contribution < -0.4 is 9.64 Å². The summed E-state index contributed by atoms with van der Waals surface area (Å²) in [5, 5.41) is 1.18. The van der Waals surface area contributed by atoms with E-state index < -0.39 is 11.6 Å². The molecule has 0 spiro atoms. The summed E-state index contributed by atoms with van der Waals surface area (Å²) < 4.78 is 32.4. The number of rotatable bonds is 5. The monoisotopic (exact) mass is 462 g/mol. The number of piperazine rings is 1. The number of halogens is 4. The van der Waals surface area contributed by atoms with Gasteiger partial charge in [-0.15, -0.1) is 0 Å². The molecule has 1 aliphatic rings. The van der Waals surface area contributed by atoms with Crippen LogP contribution in [-0.2, 0) is 6.54 Å². The summed E-state index contributed by atoms with van der Waals surface area (Å²) >= 11 is 12.6. The fourth-order valence-electron chi connectivity index (χ4n) is 4.02. The number of ether oxygens (including phenoxy) is 1. The Hall–Kier alpha value is -2.34. The molecule has 31 heavy (non-hydrogen) atoms. The molecule has 0 aliphatic carbocycles. The van der Waals surface area contributed by atoms with Crippen LogP contribution in [0.4, 0.5) is 14.5 Å². The van der Waals surface area contributed by atoms with Gasteiger partial charge in [-0.3, -0.25) is 4.90 Å². The highest BCUT2D eigenvalue weighted by atomic mass is 35.5. The Morgan fingerprint density at radius 1 is 0.968 bits per heavy atom. The minimum atomic E-state index is -0.833. The van der Waals surface area contributed by atoms with Gasteiger partial charge in [0.05, 0.1) is 23.9 Å². The molecule has 3 aromatic carbocycles. The van der Waals surface area contributed by atoms with Gasteiger partial charge in [0.2, 0.25) is 0 Å². The first-order valence-corrected chi connectivity index (χ1v) is 10.7. The summed E-state index contributed by atoms with van der Waals surface area (Å²) in [5.41, 5.74) is 2.73. The second-order valence-electron chi connectivity index (χ2n) is 7.57. The Labute approximate surface area is 190 Å². The van der Waals surface area contributed by atoms with Gasteiger partial charge in [-0.2, -0.15) is 0 Å². The fourth-order valence-corrected chi connectivity index (χ4v) is 4.53. The lowest BCUT2D eigenvalue weighted by Crippen LogP contribution is -2.48. The molecule has 3 nitrogen and oxygen atoms in total. The molecule has 1 aliphatic heterocycles. The molecule has 162 valence electrons. The Bertz CT molecular complexity index is 1080. The zero-order chi connectivity index (χ0) is 22.0. The number of nitrogens with zero attached hydrogens (tertiary/aromatic N) is 2. The van der Waals surface area contributed by atoms with Crippen LogP contribution in [0.2, 0.25) is 10.0 Å². The van der Waals surface area contributed by atoms with Gasteiger partial charge < -0.3 is 9.64 Å². The maximum absolute atomic E-state index is 13.7. The summed E-state index contributed by atoms with van der Waals surface area (Å²) in [6.07, 6.45) is 0. The van der Waals surface area contributed by atoms with Gasteiger partial charge in [-0.1, -0.05) is 41.4 Å². The Morgan fingerprint density at radius 3 is 2.55 bits per heavy atom. The summed E-state index contributed by atoms with van der Waals surface area (Å²) in [4.78, 5) is 4.49. The number of anilines is 1. The SMILES string of the molecule is COc1cccc(C2CN(Cc3ccc(F)c(F)c3)CCN2c2ccc(Cl)cc2Cl)c1. The third-order valence-electron chi connectivity index (χ3n) is 5.55. The van der Waals surface area contributed by atoms with Crippen molar-refractivity contribution in [2.45, 2.75) is 12.6 Å². The molecule has 0 amide bonds. The number of hydrogen-bond donors (Lipinski definition) is 0. The van der Waals surface area contributed by atoms with E-state index >= 15 is 0 Å². The zero-order valence-corrected chi connectivity index (χ0v) is 18.5. The van der Waals surface area contributed by atoms with E-state index in [1.54, 1.807) is 19.2 Å². The molecule has 0 bridgehead atoms. The molecule has 1 unspecified atom stereocenters. The first-order chi connectivity index (χ1) is 14.9. The third kappa shape index (κ3) is 4.95. The molecule has 3 aromatic rings. The van der Waals surface area contributed by atoms with Crippen molar-refractivity contribution in [1.29, 1.82) is 0 Å². The van der Waals surface area contributed by atoms with Crippen molar-refractivity contribution in [3.63, 3.8) is 0 Å². The van der Waals surface area contributed by atoms with E-state index in [4.69, 9.17) is 27.9 Å². The van der Waals surface area contributed by atoms with Crippen LogP contribution in [0.25, 0.3) is 0 Å². The number of hydrogen-bond acceptors (Lipinski definition) is 3. The van der Waals surface area contributed by atoms with Crippen molar-refractivity contribution in [1.82, 2.24) is 4.90 Å². The van der Waals surface area contributed by atoms with Crippen molar-refractivity contribution in [2.24, 2.45) is 0 Å². The van der Waals surface area contributed by atoms with E-state index in [1.807, 2.05) is 30.3 Å². The first kappa shape index (κ1) is 21.9. The molecule has 1 fully saturated rings. The summed E-state index contributed by atoms with van der Waals surface area (Å²) in [6.45, 7) is 2.68. The fraction of sp³-hybridized carbons (Fsp3) is 0.250. The molecule has 1 heterocycles. The predicted molar refractivity (Wildman–Crippen MR) is 121 cm³/mol. The molecule has 0 radical (unpaired) electrons. The maximum atomic E-state index is 13.7. The smallest absolute Gasteiger partial charge is 0.159 e. The van der Waals surface area contributed by atoms with Gasteiger partial charge in [0.25, 0.3) is 0 Å². The Balaban J connectivity index is 1.64. The minimum absolute atomic E-state index is 0.00665. The average Bonchev–Trinajstić information content (AvgIpc) is 2.77. The van der Waals surface area contributed by atoms with Gasteiger partial charge in [0.15, 0.2) is 11.6 Å². The highest BCUT2D eigenvalue weighted by molar-refractivity contribution is 6.36.